The van der Waals surface area contributed by atoms with Crippen molar-refractivity contribution < 1.29 is 4.74 Å². The first-order chi connectivity index (χ1) is 7.18. The smallest absolute Gasteiger partial charge is 0.0639 e. The molecule has 0 aliphatic heterocycles. The van der Waals surface area contributed by atoms with E-state index >= 15 is 0 Å². The third kappa shape index (κ3) is 5.65. The van der Waals surface area contributed by atoms with Crippen LogP contribution >= 0.6 is 11.6 Å². The Morgan fingerprint density at radius 3 is 2.53 bits per heavy atom. The summed E-state index contributed by atoms with van der Waals surface area (Å²) < 4.78 is 5.45. The van der Waals surface area contributed by atoms with Gasteiger partial charge in [-0.1, -0.05) is 25.4 Å². The van der Waals surface area contributed by atoms with Crippen LogP contribution in [-0.4, -0.2) is 19.8 Å². The summed E-state index contributed by atoms with van der Waals surface area (Å²) >= 11 is 5.78. The zero-order chi connectivity index (χ0) is 11.1. The fraction of sp³-hybridized carbons (Fsp3) is 0.500. The van der Waals surface area contributed by atoms with E-state index in [4.69, 9.17) is 16.3 Å². The summed E-state index contributed by atoms with van der Waals surface area (Å²) in [5, 5.41) is 4.02. The average Bonchev–Trinajstić information content (AvgIpc) is 2.20. The maximum atomic E-state index is 5.78. The Hall–Kier alpha value is -0.730. The molecule has 1 aromatic carbocycles. The first kappa shape index (κ1) is 12.3. The van der Waals surface area contributed by atoms with Crippen molar-refractivity contribution in [3.05, 3.63) is 29.3 Å². The minimum atomic E-state index is 0.598. The van der Waals surface area contributed by atoms with E-state index in [2.05, 4.69) is 19.2 Å². The molecule has 0 heterocycles. The number of hydrogen-bond donors (Lipinski definition) is 1. The van der Waals surface area contributed by atoms with E-state index in [-0.39, 0.29) is 0 Å². The molecule has 1 aromatic rings. The van der Waals surface area contributed by atoms with Crippen molar-refractivity contribution in [3.8, 4) is 0 Å². The van der Waals surface area contributed by atoms with Gasteiger partial charge in [-0.2, -0.15) is 0 Å². The topological polar surface area (TPSA) is 21.3 Å². The summed E-state index contributed by atoms with van der Waals surface area (Å²) in [4.78, 5) is 0. The van der Waals surface area contributed by atoms with Crippen molar-refractivity contribution in [1.82, 2.24) is 0 Å². The quantitative estimate of drug-likeness (QED) is 0.752. The summed E-state index contributed by atoms with van der Waals surface area (Å²) in [5.41, 5.74) is 1.08. The van der Waals surface area contributed by atoms with Crippen molar-refractivity contribution in [2.24, 2.45) is 5.92 Å². The van der Waals surface area contributed by atoms with Gasteiger partial charge in [-0.3, -0.25) is 0 Å². The van der Waals surface area contributed by atoms with Crippen molar-refractivity contribution in [2.45, 2.75) is 13.8 Å². The number of rotatable bonds is 6. The Kier molecular flexibility index (Phi) is 5.51. The zero-order valence-electron chi connectivity index (χ0n) is 9.29. The van der Waals surface area contributed by atoms with Gasteiger partial charge in [0, 0.05) is 23.9 Å². The van der Waals surface area contributed by atoms with Crippen molar-refractivity contribution >= 4 is 17.3 Å². The molecule has 1 N–H and O–H groups in total. The van der Waals surface area contributed by atoms with Gasteiger partial charge < -0.3 is 10.1 Å². The summed E-state index contributed by atoms with van der Waals surface area (Å²) in [6.45, 7) is 6.68. The molecule has 0 aliphatic rings. The molecule has 3 heteroatoms. The second-order valence-corrected chi connectivity index (χ2v) is 4.34. The van der Waals surface area contributed by atoms with Gasteiger partial charge in [0.15, 0.2) is 0 Å². The summed E-state index contributed by atoms with van der Waals surface area (Å²) in [6, 6.07) is 7.67. The van der Waals surface area contributed by atoms with Crippen LogP contribution in [0.25, 0.3) is 0 Å². The second-order valence-electron chi connectivity index (χ2n) is 3.90. The van der Waals surface area contributed by atoms with E-state index in [0.29, 0.717) is 5.92 Å². The van der Waals surface area contributed by atoms with E-state index in [9.17, 15) is 0 Å². The molecule has 0 unspecified atom stereocenters. The Balaban J connectivity index is 2.12. The average molecular weight is 228 g/mol. The number of anilines is 1. The molecule has 0 atom stereocenters. The number of hydrogen-bond acceptors (Lipinski definition) is 2. The van der Waals surface area contributed by atoms with Crippen LogP contribution in [0.1, 0.15) is 13.8 Å². The van der Waals surface area contributed by atoms with Crippen LogP contribution in [0.2, 0.25) is 5.02 Å². The molecule has 0 bridgehead atoms. The van der Waals surface area contributed by atoms with Gasteiger partial charge in [0.05, 0.1) is 6.61 Å². The lowest BCUT2D eigenvalue weighted by atomic mass is 10.2. The second kappa shape index (κ2) is 6.70. The third-order valence-corrected chi connectivity index (χ3v) is 2.12. The number of nitrogens with one attached hydrogen (secondary N) is 1. The lowest BCUT2D eigenvalue weighted by Crippen LogP contribution is -2.11. The van der Waals surface area contributed by atoms with E-state index < -0.39 is 0 Å². The van der Waals surface area contributed by atoms with Gasteiger partial charge in [-0.15, -0.1) is 0 Å². The summed E-state index contributed by atoms with van der Waals surface area (Å²) in [7, 11) is 0. The van der Waals surface area contributed by atoms with Crippen LogP contribution in [0.5, 0.6) is 0 Å². The highest BCUT2D eigenvalue weighted by atomic mass is 35.5. The van der Waals surface area contributed by atoms with E-state index in [1.807, 2.05) is 24.3 Å². The van der Waals surface area contributed by atoms with E-state index in [1.165, 1.54) is 0 Å². The molecule has 15 heavy (non-hydrogen) atoms. The minimum Gasteiger partial charge on any atom is -0.383 e. The normalized spacial score (nSPS) is 10.7. The molecule has 0 saturated heterocycles. The van der Waals surface area contributed by atoms with Gasteiger partial charge >= 0.3 is 0 Å². The monoisotopic (exact) mass is 227 g/mol. The van der Waals surface area contributed by atoms with Crippen LogP contribution in [-0.2, 0) is 4.74 Å². The van der Waals surface area contributed by atoms with Crippen molar-refractivity contribution in [2.75, 3.05) is 25.1 Å². The van der Waals surface area contributed by atoms with Crippen LogP contribution in [0.4, 0.5) is 5.69 Å². The fourth-order valence-electron chi connectivity index (χ4n) is 1.15. The molecule has 0 fully saturated rings. The lowest BCUT2D eigenvalue weighted by molar-refractivity contribution is 0.118. The number of ether oxygens (including phenoxy) is 1. The van der Waals surface area contributed by atoms with Gasteiger partial charge in [-0.25, -0.2) is 0 Å². The summed E-state index contributed by atoms with van der Waals surface area (Å²) in [5.74, 6) is 0.598. The van der Waals surface area contributed by atoms with Crippen LogP contribution in [0.15, 0.2) is 24.3 Å². The third-order valence-electron chi connectivity index (χ3n) is 1.87. The number of halogens is 1. The largest absolute Gasteiger partial charge is 0.383 e. The summed E-state index contributed by atoms with van der Waals surface area (Å²) in [6.07, 6.45) is 0. The SMILES string of the molecule is CC(C)COCCNc1ccc(Cl)cc1. The predicted molar refractivity (Wildman–Crippen MR) is 65.6 cm³/mol. The standard InChI is InChI=1S/C12H18ClNO/c1-10(2)9-15-8-7-14-12-5-3-11(13)4-6-12/h3-6,10,14H,7-9H2,1-2H3. The van der Waals surface area contributed by atoms with Crippen LogP contribution < -0.4 is 5.32 Å². The predicted octanol–water partition coefficient (Wildman–Crippen LogP) is 3.42. The van der Waals surface area contributed by atoms with Gasteiger partial charge in [0.2, 0.25) is 0 Å². The molecule has 0 aliphatic carbocycles. The Morgan fingerprint density at radius 2 is 1.93 bits per heavy atom. The lowest BCUT2D eigenvalue weighted by Gasteiger charge is -2.08. The molecular weight excluding hydrogens is 210 g/mol. The molecule has 84 valence electrons. The van der Waals surface area contributed by atoms with Crippen molar-refractivity contribution in [1.29, 1.82) is 0 Å². The highest BCUT2D eigenvalue weighted by molar-refractivity contribution is 6.30. The number of benzene rings is 1. The fourth-order valence-corrected chi connectivity index (χ4v) is 1.28. The Labute approximate surface area is 96.6 Å². The van der Waals surface area contributed by atoms with Gasteiger partial charge in [0.1, 0.15) is 0 Å². The highest BCUT2D eigenvalue weighted by Gasteiger charge is 1.94. The first-order valence-corrected chi connectivity index (χ1v) is 5.63. The molecule has 0 amide bonds. The first-order valence-electron chi connectivity index (χ1n) is 5.25. The van der Waals surface area contributed by atoms with Crippen LogP contribution in [0, 0.1) is 5.92 Å². The van der Waals surface area contributed by atoms with E-state index in [0.717, 1.165) is 30.5 Å². The van der Waals surface area contributed by atoms with Gasteiger partial charge in [-0.05, 0) is 30.2 Å². The van der Waals surface area contributed by atoms with Crippen LogP contribution in [0.3, 0.4) is 0 Å². The van der Waals surface area contributed by atoms with Gasteiger partial charge in [0.25, 0.3) is 0 Å². The molecule has 0 spiro atoms. The molecule has 0 aromatic heterocycles. The zero-order valence-corrected chi connectivity index (χ0v) is 10.1. The molecule has 2 nitrogen and oxygen atoms in total. The molecule has 1 rings (SSSR count). The highest BCUT2D eigenvalue weighted by Crippen LogP contribution is 2.12. The maximum absolute atomic E-state index is 5.78. The minimum absolute atomic E-state index is 0.598. The van der Waals surface area contributed by atoms with E-state index in [1.54, 1.807) is 0 Å². The molecular formula is C12H18ClNO. The molecule has 0 saturated carbocycles. The Bertz CT molecular complexity index is 271. The van der Waals surface area contributed by atoms with Crippen molar-refractivity contribution in [3.63, 3.8) is 0 Å². The maximum Gasteiger partial charge on any atom is 0.0639 e. The Morgan fingerprint density at radius 1 is 1.27 bits per heavy atom. The molecule has 0 radical (unpaired) electrons.